The molecular formula is C25H31N3O7. The van der Waals surface area contributed by atoms with Crippen molar-refractivity contribution in [1.29, 1.82) is 0 Å². The van der Waals surface area contributed by atoms with Crippen LogP contribution in [0.3, 0.4) is 0 Å². The first kappa shape index (κ1) is 26.0. The summed E-state index contributed by atoms with van der Waals surface area (Å²) in [5.41, 5.74) is 0.452. The zero-order chi connectivity index (χ0) is 25.4. The first-order chi connectivity index (χ1) is 16.9. The third-order valence-electron chi connectivity index (χ3n) is 5.54. The molecule has 35 heavy (non-hydrogen) atoms. The van der Waals surface area contributed by atoms with Crippen LogP contribution in [0.5, 0.6) is 17.2 Å². The summed E-state index contributed by atoms with van der Waals surface area (Å²) in [6, 6.07) is 5.22. The lowest BCUT2D eigenvalue weighted by Gasteiger charge is -2.18. The van der Waals surface area contributed by atoms with Crippen molar-refractivity contribution < 1.29 is 28.5 Å². The summed E-state index contributed by atoms with van der Waals surface area (Å²) in [5.74, 6) is 1.32. The lowest BCUT2D eigenvalue weighted by atomic mass is 9.98. The maximum atomic E-state index is 12.8. The first-order valence-electron chi connectivity index (χ1n) is 11.6. The highest BCUT2D eigenvalue weighted by atomic mass is 16.5. The number of nitrogens with one attached hydrogen (secondary N) is 1. The normalized spacial score (nSPS) is 12.9. The van der Waals surface area contributed by atoms with Gasteiger partial charge in [0.2, 0.25) is 5.89 Å². The van der Waals surface area contributed by atoms with E-state index in [1.165, 1.54) is 14.2 Å². The second kappa shape index (κ2) is 12.2. The number of benzene rings is 1. The number of H-pyrrole nitrogens is 1. The maximum Gasteiger partial charge on any atom is 0.264 e. The molecule has 0 spiro atoms. The summed E-state index contributed by atoms with van der Waals surface area (Å²) >= 11 is 0. The van der Waals surface area contributed by atoms with E-state index in [1.54, 1.807) is 18.2 Å². The van der Waals surface area contributed by atoms with E-state index in [9.17, 15) is 14.7 Å². The van der Waals surface area contributed by atoms with Crippen molar-refractivity contribution in [1.82, 2.24) is 15.2 Å². The van der Waals surface area contributed by atoms with Gasteiger partial charge in [-0.3, -0.25) is 9.59 Å². The van der Waals surface area contributed by atoms with Crippen LogP contribution in [0.2, 0.25) is 0 Å². The Bertz CT molecular complexity index is 1190. The van der Waals surface area contributed by atoms with Gasteiger partial charge in [-0.05, 0) is 31.9 Å². The molecule has 0 bridgehead atoms. The third kappa shape index (κ3) is 5.89. The lowest BCUT2D eigenvalue weighted by Crippen LogP contribution is -2.15. The minimum absolute atomic E-state index is 0.0696. The number of aromatic nitrogens is 3. The van der Waals surface area contributed by atoms with Gasteiger partial charge in [0.15, 0.2) is 0 Å². The van der Waals surface area contributed by atoms with E-state index in [2.05, 4.69) is 15.2 Å². The topological polar surface area (TPSA) is 137 Å². The van der Waals surface area contributed by atoms with E-state index in [0.29, 0.717) is 53.0 Å². The molecule has 1 saturated carbocycles. The number of Topliss-reactive ketones (excluding diaryl/α,β-unsaturated/α-hetero) is 1. The fourth-order valence-corrected chi connectivity index (χ4v) is 3.78. The molecule has 10 nitrogen and oxygen atoms in total. The van der Waals surface area contributed by atoms with Crippen LogP contribution in [0.25, 0.3) is 22.6 Å². The summed E-state index contributed by atoms with van der Waals surface area (Å²) < 4.78 is 22.0. The van der Waals surface area contributed by atoms with Gasteiger partial charge in [0.25, 0.3) is 11.4 Å². The Morgan fingerprint density at radius 2 is 1.66 bits per heavy atom. The molecule has 0 amide bonds. The Morgan fingerprint density at radius 3 is 2.14 bits per heavy atom. The quantitative estimate of drug-likeness (QED) is 0.484. The molecule has 0 aliphatic heterocycles. The van der Waals surface area contributed by atoms with Crippen LogP contribution in [0, 0.1) is 0 Å². The summed E-state index contributed by atoms with van der Waals surface area (Å²) in [7, 11) is 3.02. The standard InChI is InChI=1S/C20H23N3O6.C5H8O/c1-5-14-22-23-20(29-14)17-18(24)15(11(10-28-6-2)21-19(17)25)16-12(26-3)8-7-9-13(16)27-4;6-5-3-1-2-4-5/h7-9H,5-6,10H2,1-4H3,(H2,21,24,25);1-4H2. The molecule has 2 N–H and O–H groups in total. The fraction of sp³-hybridized carbons (Fsp3) is 0.440. The van der Waals surface area contributed by atoms with Gasteiger partial charge in [-0.25, -0.2) is 0 Å². The van der Waals surface area contributed by atoms with Gasteiger partial charge in [-0.1, -0.05) is 13.0 Å². The van der Waals surface area contributed by atoms with Crippen LogP contribution >= 0.6 is 0 Å². The van der Waals surface area contributed by atoms with Crippen LogP contribution in [0.1, 0.15) is 51.1 Å². The van der Waals surface area contributed by atoms with E-state index in [0.717, 1.165) is 25.7 Å². The average Bonchev–Trinajstić information content (AvgIpc) is 3.54. The number of nitrogens with zero attached hydrogens (tertiary/aromatic N) is 2. The molecule has 1 aromatic carbocycles. The Hall–Kier alpha value is -3.66. The molecule has 4 rings (SSSR count). The summed E-state index contributed by atoms with van der Waals surface area (Å²) in [6.45, 7) is 4.18. The van der Waals surface area contributed by atoms with Crippen molar-refractivity contribution in [2.24, 2.45) is 0 Å². The van der Waals surface area contributed by atoms with E-state index in [4.69, 9.17) is 18.6 Å². The van der Waals surface area contributed by atoms with Crippen molar-refractivity contribution in [3.63, 3.8) is 0 Å². The summed E-state index contributed by atoms with van der Waals surface area (Å²) in [5, 5.41) is 18.9. The van der Waals surface area contributed by atoms with Gasteiger partial charge in [0, 0.05) is 25.9 Å². The number of carbonyl (C=O) groups is 1. The predicted octanol–water partition coefficient (Wildman–Crippen LogP) is 4.04. The zero-order valence-electron chi connectivity index (χ0n) is 20.5. The minimum atomic E-state index is -0.568. The number of carbonyl (C=O) groups excluding carboxylic acids is 1. The molecular weight excluding hydrogens is 454 g/mol. The van der Waals surface area contributed by atoms with Crippen molar-refractivity contribution in [3.8, 4) is 39.8 Å². The molecule has 0 unspecified atom stereocenters. The first-order valence-corrected chi connectivity index (χ1v) is 11.6. The van der Waals surface area contributed by atoms with E-state index in [-0.39, 0.29) is 23.8 Å². The highest BCUT2D eigenvalue weighted by Gasteiger charge is 2.27. The molecule has 0 saturated heterocycles. The molecule has 1 fully saturated rings. The molecule has 1 aliphatic carbocycles. The Kier molecular flexibility index (Phi) is 9.02. The number of hydrogen-bond donors (Lipinski definition) is 2. The second-order valence-electron chi connectivity index (χ2n) is 7.81. The highest BCUT2D eigenvalue weighted by Crippen LogP contribution is 2.46. The zero-order valence-corrected chi connectivity index (χ0v) is 20.5. The van der Waals surface area contributed by atoms with Gasteiger partial charge < -0.3 is 28.7 Å². The molecule has 1 aliphatic rings. The molecule has 3 aromatic rings. The summed E-state index contributed by atoms with van der Waals surface area (Å²) in [6.07, 6.45) is 4.47. The molecule has 0 radical (unpaired) electrons. The monoisotopic (exact) mass is 485 g/mol. The van der Waals surface area contributed by atoms with Gasteiger partial charge >= 0.3 is 0 Å². The van der Waals surface area contributed by atoms with Gasteiger partial charge in [0.1, 0.15) is 28.6 Å². The molecule has 10 heteroatoms. The Balaban J connectivity index is 0.000000497. The SMILES string of the molecule is CCOCc1[nH]c(=O)c(-c2nnc(CC)o2)c(O)c1-c1c(OC)cccc1OC.O=C1CCCC1. The molecule has 2 aromatic heterocycles. The number of rotatable bonds is 8. The number of hydrogen-bond acceptors (Lipinski definition) is 9. The van der Waals surface area contributed by atoms with E-state index in [1.807, 2.05) is 13.8 Å². The third-order valence-corrected chi connectivity index (χ3v) is 5.54. The van der Waals surface area contributed by atoms with Crippen molar-refractivity contribution >= 4 is 5.78 Å². The van der Waals surface area contributed by atoms with Gasteiger partial charge in [0.05, 0.1) is 37.6 Å². The van der Waals surface area contributed by atoms with Crippen molar-refractivity contribution in [2.45, 2.75) is 52.6 Å². The molecule has 188 valence electrons. The van der Waals surface area contributed by atoms with Crippen LogP contribution < -0.4 is 15.0 Å². The number of ether oxygens (including phenoxy) is 3. The van der Waals surface area contributed by atoms with Crippen LogP contribution in [-0.2, 0) is 22.6 Å². The fourth-order valence-electron chi connectivity index (χ4n) is 3.78. The van der Waals surface area contributed by atoms with Crippen LogP contribution in [0.4, 0.5) is 0 Å². The number of aryl methyl sites for hydroxylation is 1. The van der Waals surface area contributed by atoms with Crippen LogP contribution in [0.15, 0.2) is 27.4 Å². The average molecular weight is 486 g/mol. The summed E-state index contributed by atoms with van der Waals surface area (Å²) in [4.78, 5) is 25.8. The lowest BCUT2D eigenvalue weighted by molar-refractivity contribution is -0.117. The second-order valence-corrected chi connectivity index (χ2v) is 7.81. The number of methoxy groups -OCH3 is 2. The number of aromatic hydroxyl groups is 1. The van der Waals surface area contributed by atoms with Gasteiger partial charge in [-0.15, -0.1) is 10.2 Å². The molecule has 2 heterocycles. The van der Waals surface area contributed by atoms with E-state index < -0.39 is 5.56 Å². The maximum absolute atomic E-state index is 12.8. The van der Waals surface area contributed by atoms with Gasteiger partial charge in [-0.2, -0.15) is 0 Å². The van der Waals surface area contributed by atoms with E-state index >= 15 is 0 Å². The van der Waals surface area contributed by atoms with Crippen molar-refractivity contribution in [2.75, 3.05) is 20.8 Å². The molecule has 0 atom stereocenters. The van der Waals surface area contributed by atoms with Crippen molar-refractivity contribution in [3.05, 3.63) is 40.1 Å². The number of ketones is 1. The Labute approximate surface area is 203 Å². The predicted molar refractivity (Wildman–Crippen MR) is 129 cm³/mol. The highest BCUT2D eigenvalue weighted by molar-refractivity contribution is 5.86. The Morgan fingerprint density at radius 1 is 1.00 bits per heavy atom. The number of aromatic amines is 1. The largest absolute Gasteiger partial charge is 0.506 e. The van der Waals surface area contributed by atoms with Crippen LogP contribution in [-0.4, -0.2) is 46.9 Å². The smallest absolute Gasteiger partial charge is 0.264 e. The minimum Gasteiger partial charge on any atom is -0.506 e. The number of pyridine rings is 1.